The van der Waals surface area contributed by atoms with E-state index in [-0.39, 0.29) is 22.0 Å². The highest BCUT2D eigenvalue weighted by atomic mass is 32.2. The molecule has 0 unspecified atom stereocenters. The summed E-state index contributed by atoms with van der Waals surface area (Å²) in [6.07, 6.45) is 1.26. The standard InChI is InChI=1S/C18H13F2N3O2S/c1-11-6-13(3-4-15(11)19)18-8-14(10-22-18)26(24,25)23-17-5-2-12(9-21)7-16(17)20/h2-8,10,22-23H,1H3. The molecular weight excluding hydrogens is 360 g/mol. The molecule has 0 amide bonds. The molecule has 3 rings (SSSR count). The molecule has 5 nitrogen and oxygen atoms in total. The third-order valence-corrected chi connectivity index (χ3v) is 5.12. The minimum Gasteiger partial charge on any atom is -0.360 e. The van der Waals surface area contributed by atoms with Gasteiger partial charge in [-0.3, -0.25) is 4.72 Å². The van der Waals surface area contributed by atoms with Crippen LogP contribution in [-0.2, 0) is 10.0 Å². The third kappa shape index (κ3) is 3.43. The van der Waals surface area contributed by atoms with Crippen LogP contribution in [0, 0.1) is 29.9 Å². The Labute approximate surface area is 149 Å². The molecule has 0 aliphatic heterocycles. The van der Waals surface area contributed by atoms with Crippen molar-refractivity contribution in [3.63, 3.8) is 0 Å². The molecule has 0 atom stereocenters. The van der Waals surface area contributed by atoms with E-state index in [2.05, 4.69) is 9.71 Å². The lowest BCUT2D eigenvalue weighted by Gasteiger charge is -2.07. The average molecular weight is 373 g/mol. The van der Waals surface area contributed by atoms with Gasteiger partial charge in [-0.25, -0.2) is 17.2 Å². The van der Waals surface area contributed by atoms with Crippen molar-refractivity contribution in [1.29, 1.82) is 5.26 Å². The maximum Gasteiger partial charge on any atom is 0.263 e. The van der Waals surface area contributed by atoms with Crippen LogP contribution in [0.1, 0.15) is 11.1 Å². The molecule has 0 spiro atoms. The van der Waals surface area contributed by atoms with E-state index in [9.17, 15) is 17.2 Å². The van der Waals surface area contributed by atoms with Gasteiger partial charge in [0.15, 0.2) is 0 Å². The SMILES string of the molecule is Cc1cc(-c2cc(S(=O)(=O)Nc3ccc(C#N)cc3F)c[nH]2)ccc1F. The second kappa shape index (κ2) is 6.61. The smallest absolute Gasteiger partial charge is 0.263 e. The van der Waals surface area contributed by atoms with E-state index in [1.807, 2.05) is 0 Å². The van der Waals surface area contributed by atoms with E-state index in [1.165, 1.54) is 36.5 Å². The fourth-order valence-corrected chi connectivity index (χ4v) is 3.44. The summed E-state index contributed by atoms with van der Waals surface area (Å²) < 4.78 is 54.3. The summed E-state index contributed by atoms with van der Waals surface area (Å²) in [4.78, 5) is 2.72. The zero-order chi connectivity index (χ0) is 18.9. The number of hydrogen-bond donors (Lipinski definition) is 2. The van der Waals surface area contributed by atoms with E-state index in [1.54, 1.807) is 19.1 Å². The minimum atomic E-state index is -4.04. The van der Waals surface area contributed by atoms with Crippen LogP contribution in [0.5, 0.6) is 0 Å². The lowest BCUT2D eigenvalue weighted by atomic mass is 10.1. The highest BCUT2D eigenvalue weighted by Crippen LogP contribution is 2.25. The quantitative estimate of drug-likeness (QED) is 0.726. The topological polar surface area (TPSA) is 85.8 Å². The van der Waals surface area contributed by atoms with Gasteiger partial charge in [-0.15, -0.1) is 0 Å². The Bertz CT molecular complexity index is 1130. The minimum absolute atomic E-state index is 0.0843. The molecule has 3 aromatic rings. The van der Waals surface area contributed by atoms with Crippen LogP contribution in [0.15, 0.2) is 53.6 Å². The van der Waals surface area contributed by atoms with Gasteiger partial charge in [0.25, 0.3) is 10.0 Å². The van der Waals surface area contributed by atoms with Crippen LogP contribution in [0.2, 0.25) is 0 Å². The van der Waals surface area contributed by atoms with Crippen molar-refractivity contribution in [3.05, 3.63) is 71.4 Å². The molecule has 0 bridgehead atoms. The van der Waals surface area contributed by atoms with Crippen molar-refractivity contribution in [2.24, 2.45) is 0 Å². The first-order chi connectivity index (χ1) is 12.3. The summed E-state index contributed by atoms with van der Waals surface area (Å²) in [5.74, 6) is -1.20. The van der Waals surface area contributed by atoms with Crippen LogP contribution in [0.4, 0.5) is 14.5 Å². The van der Waals surface area contributed by atoms with Gasteiger partial charge < -0.3 is 4.98 Å². The van der Waals surface area contributed by atoms with Crippen molar-refractivity contribution in [2.75, 3.05) is 4.72 Å². The molecule has 1 heterocycles. The van der Waals surface area contributed by atoms with Crippen molar-refractivity contribution >= 4 is 15.7 Å². The molecule has 132 valence electrons. The number of hydrogen-bond acceptors (Lipinski definition) is 3. The number of nitriles is 1. The summed E-state index contributed by atoms with van der Waals surface area (Å²) >= 11 is 0. The largest absolute Gasteiger partial charge is 0.360 e. The molecule has 2 N–H and O–H groups in total. The maximum absolute atomic E-state index is 13.9. The number of rotatable bonds is 4. The molecule has 8 heteroatoms. The van der Waals surface area contributed by atoms with Crippen LogP contribution >= 0.6 is 0 Å². The molecular formula is C18H13F2N3O2S. The van der Waals surface area contributed by atoms with Gasteiger partial charge >= 0.3 is 0 Å². The molecule has 1 aromatic heterocycles. The normalized spacial score (nSPS) is 11.2. The van der Waals surface area contributed by atoms with E-state index in [0.29, 0.717) is 16.8 Å². The number of aromatic amines is 1. The summed E-state index contributed by atoms with van der Waals surface area (Å²) in [7, 11) is -4.04. The first kappa shape index (κ1) is 17.6. The molecule has 0 aliphatic carbocycles. The van der Waals surface area contributed by atoms with Gasteiger partial charge in [-0.1, -0.05) is 0 Å². The Morgan fingerprint density at radius 3 is 2.50 bits per heavy atom. The van der Waals surface area contributed by atoms with E-state index >= 15 is 0 Å². The Kier molecular flexibility index (Phi) is 4.49. The van der Waals surface area contributed by atoms with Crippen molar-refractivity contribution in [2.45, 2.75) is 11.8 Å². The Balaban J connectivity index is 1.90. The van der Waals surface area contributed by atoms with E-state index in [0.717, 1.165) is 6.07 Å². The molecule has 0 fully saturated rings. The van der Waals surface area contributed by atoms with Crippen LogP contribution in [0.25, 0.3) is 11.3 Å². The van der Waals surface area contributed by atoms with E-state index < -0.39 is 15.8 Å². The fraction of sp³-hybridized carbons (Fsp3) is 0.0556. The predicted molar refractivity (Wildman–Crippen MR) is 92.8 cm³/mol. The lowest BCUT2D eigenvalue weighted by molar-refractivity contribution is 0.598. The van der Waals surface area contributed by atoms with Gasteiger partial charge in [-0.05, 0) is 60.5 Å². The predicted octanol–water partition coefficient (Wildman–Crippen LogP) is 3.94. The first-order valence-electron chi connectivity index (χ1n) is 7.47. The summed E-state index contributed by atoms with van der Waals surface area (Å²) in [6.45, 7) is 1.61. The number of H-pyrrole nitrogens is 1. The number of nitrogens with one attached hydrogen (secondary N) is 2. The van der Waals surface area contributed by atoms with Gasteiger partial charge in [0, 0.05) is 11.9 Å². The van der Waals surface area contributed by atoms with Gasteiger partial charge in [0.1, 0.15) is 16.5 Å². The zero-order valence-electron chi connectivity index (χ0n) is 13.5. The highest BCUT2D eigenvalue weighted by Gasteiger charge is 2.19. The second-order valence-corrected chi connectivity index (χ2v) is 7.31. The Morgan fingerprint density at radius 1 is 1.08 bits per heavy atom. The molecule has 0 aliphatic rings. The first-order valence-corrected chi connectivity index (χ1v) is 8.96. The van der Waals surface area contributed by atoms with Crippen LogP contribution in [-0.4, -0.2) is 13.4 Å². The van der Waals surface area contributed by atoms with Gasteiger partial charge in [0.2, 0.25) is 0 Å². The number of aromatic nitrogens is 1. The van der Waals surface area contributed by atoms with Crippen molar-refractivity contribution in [1.82, 2.24) is 4.98 Å². The Hall–Kier alpha value is -3.18. The number of anilines is 1. The molecule has 26 heavy (non-hydrogen) atoms. The van der Waals surface area contributed by atoms with Crippen LogP contribution < -0.4 is 4.72 Å². The monoisotopic (exact) mass is 373 g/mol. The number of halogens is 2. The third-order valence-electron chi connectivity index (χ3n) is 3.78. The highest BCUT2D eigenvalue weighted by molar-refractivity contribution is 7.92. The molecule has 0 saturated carbocycles. The van der Waals surface area contributed by atoms with Gasteiger partial charge in [0.05, 0.1) is 17.3 Å². The fourth-order valence-electron chi connectivity index (χ4n) is 2.38. The number of benzene rings is 2. The zero-order valence-corrected chi connectivity index (χ0v) is 14.4. The number of aryl methyl sites for hydroxylation is 1. The lowest BCUT2D eigenvalue weighted by Crippen LogP contribution is -2.13. The average Bonchev–Trinajstić information content (AvgIpc) is 3.10. The maximum atomic E-state index is 13.9. The second-order valence-electron chi connectivity index (χ2n) is 5.62. The van der Waals surface area contributed by atoms with E-state index in [4.69, 9.17) is 5.26 Å². The van der Waals surface area contributed by atoms with Gasteiger partial charge in [-0.2, -0.15) is 5.26 Å². The number of nitrogens with zero attached hydrogens (tertiary/aromatic N) is 1. The number of sulfonamides is 1. The Morgan fingerprint density at radius 2 is 1.85 bits per heavy atom. The summed E-state index contributed by atoms with van der Waals surface area (Å²) in [5, 5.41) is 8.73. The summed E-state index contributed by atoms with van der Waals surface area (Å²) in [6, 6.07) is 11.0. The van der Waals surface area contributed by atoms with Crippen LogP contribution in [0.3, 0.4) is 0 Å². The molecule has 0 saturated heterocycles. The molecule has 2 aromatic carbocycles. The molecule has 0 radical (unpaired) electrons. The van der Waals surface area contributed by atoms with Crippen molar-refractivity contribution in [3.8, 4) is 17.3 Å². The van der Waals surface area contributed by atoms with Crippen molar-refractivity contribution < 1.29 is 17.2 Å². The summed E-state index contributed by atoms with van der Waals surface area (Å²) in [5.41, 5.74) is 1.35.